The summed E-state index contributed by atoms with van der Waals surface area (Å²) in [6.07, 6.45) is 0.819. The molecule has 1 aromatic carbocycles. The van der Waals surface area contributed by atoms with Gasteiger partial charge in [-0.2, -0.15) is 0 Å². The molecule has 1 heterocycles. The summed E-state index contributed by atoms with van der Waals surface area (Å²) < 4.78 is 1.57. The molecule has 0 saturated heterocycles. The second kappa shape index (κ2) is 5.44. The van der Waals surface area contributed by atoms with Gasteiger partial charge in [0.25, 0.3) is 0 Å². The van der Waals surface area contributed by atoms with Crippen molar-refractivity contribution >= 4 is 18.0 Å². The number of carbonyl (C=O) groups is 1. The van der Waals surface area contributed by atoms with Crippen molar-refractivity contribution in [3.63, 3.8) is 0 Å². The predicted molar refractivity (Wildman–Crippen MR) is 73.9 cm³/mol. The summed E-state index contributed by atoms with van der Waals surface area (Å²) in [6, 6.07) is 5.63. The number of nitrogens with one attached hydrogen (secondary N) is 1. The van der Waals surface area contributed by atoms with Gasteiger partial charge in [-0.05, 0) is 44.7 Å². The van der Waals surface area contributed by atoms with Gasteiger partial charge in [0.05, 0.1) is 0 Å². The number of benzene rings is 1. The number of aromatic amines is 1. The molecule has 2 aromatic rings. The molecule has 0 spiro atoms. The second-order valence-electron chi connectivity index (χ2n) is 4.54. The first-order chi connectivity index (χ1) is 9.02. The van der Waals surface area contributed by atoms with Crippen LogP contribution in [-0.2, 0) is 0 Å². The van der Waals surface area contributed by atoms with Crippen molar-refractivity contribution in [1.29, 1.82) is 0 Å². The predicted octanol–water partition coefficient (Wildman–Crippen LogP) is 2.42. The molecule has 0 saturated carbocycles. The molecule has 0 bridgehead atoms. The summed E-state index contributed by atoms with van der Waals surface area (Å²) in [6.45, 7) is 5.76. The monoisotopic (exact) mass is 277 g/mol. The lowest BCUT2D eigenvalue weighted by atomic mass is 10.2. The summed E-state index contributed by atoms with van der Waals surface area (Å²) in [7, 11) is 0. The molecule has 1 N–H and O–H groups in total. The van der Waals surface area contributed by atoms with Crippen LogP contribution in [0.3, 0.4) is 0 Å². The Morgan fingerprint density at radius 2 is 2.16 bits per heavy atom. The molecular weight excluding hydrogens is 262 g/mol. The van der Waals surface area contributed by atoms with Crippen molar-refractivity contribution in [2.24, 2.45) is 0 Å². The number of H-pyrrole nitrogens is 1. The molecule has 2 rings (SSSR count). The molecule has 100 valence electrons. The molecule has 0 aliphatic heterocycles. The van der Waals surface area contributed by atoms with Gasteiger partial charge in [0.1, 0.15) is 0 Å². The summed E-state index contributed by atoms with van der Waals surface area (Å²) in [5.74, 6) is 0. The minimum atomic E-state index is -0.239. The Hall–Kier alpha value is -1.82. The van der Waals surface area contributed by atoms with Crippen LogP contribution >= 0.6 is 11.8 Å². The molecule has 0 amide bonds. The van der Waals surface area contributed by atoms with E-state index in [9.17, 15) is 9.59 Å². The average molecular weight is 277 g/mol. The first-order valence-electron chi connectivity index (χ1n) is 5.93. The lowest BCUT2D eigenvalue weighted by molar-refractivity contribution is 0.112. The normalized spacial score (nSPS) is 10.9. The van der Waals surface area contributed by atoms with Crippen LogP contribution in [0.25, 0.3) is 0 Å². The van der Waals surface area contributed by atoms with E-state index < -0.39 is 0 Å². The van der Waals surface area contributed by atoms with E-state index in [1.54, 1.807) is 4.57 Å². The van der Waals surface area contributed by atoms with Crippen molar-refractivity contribution in [2.45, 2.75) is 36.9 Å². The number of carbonyl (C=O) groups excluding carboxylic acids is 1. The Bertz CT molecular complexity index is 658. The van der Waals surface area contributed by atoms with Crippen LogP contribution in [-0.4, -0.2) is 21.1 Å². The van der Waals surface area contributed by atoms with E-state index in [2.05, 4.69) is 10.2 Å². The maximum absolute atomic E-state index is 11.6. The molecule has 19 heavy (non-hydrogen) atoms. The number of rotatable bonds is 4. The number of aromatic nitrogens is 3. The van der Waals surface area contributed by atoms with Crippen molar-refractivity contribution in [2.75, 3.05) is 0 Å². The first kappa shape index (κ1) is 13.6. The van der Waals surface area contributed by atoms with Gasteiger partial charge in [-0.25, -0.2) is 9.89 Å². The molecule has 1 aromatic heterocycles. The lowest BCUT2D eigenvalue weighted by Crippen LogP contribution is -2.19. The molecule has 0 fully saturated rings. The van der Waals surface area contributed by atoms with Crippen LogP contribution in [0.15, 0.2) is 33.0 Å². The van der Waals surface area contributed by atoms with E-state index in [0.717, 1.165) is 16.7 Å². The second-order valence-corrected chi connectivity index (χ2v) is 5.55. The summed E-state index contributed by atoms with van der Waals surface area (Å²) in [4.78, 5) is 23.5. The average Bonchev–Trinajstić information content (AvgIpc) is 2.72. The fraction of sp³-hybridized carbons (Fsp3) is 0.308. The van der Waals surface area contributed by atoms with E-state index in [-0.39, 0.29) is 11.7 Å². The van der Waals surface area contributed by atoms with Crippen molar-refractivity contribution < 1.29 is 4.79 Å². The fourth-order valence-electron chi connectivity index (χ4n) is 1.77. The van der Waals surface area contributed by atoms with Crippen molar-refractivity contribution in [3.05, 3.63) is 39.8 Å². The van der Waals surface area contributed by atoms with Gasteiger partial charge < -0.3 is 0 Å². The summed E-state index contributed by atoms with van der Waals surface area (Å²) in [5, 5.41) is 7.00. The maximum atomic E-state index is 11.6. The number of aryl methyl sites for hydroxylation is 1. The fourth-order valence-corrected chi connectivity index (χ4v) is 2.81. The van der Waals surface area contributed by atoms with Gasteiger partial charge in [0.2, 0.25) is 0 Å². The molecule has 0 radical (unpaired) electrons. The highest BCUT2D eigenvalue weighted by Crippen LogP contribution is 2.29. The van der Waals surface area contributed by atoms with Crippen molar-refractivity contribution in [3.8, 4) is 0 Å². The topological polar surface area (TPSA) is 67.8 Å². The van der Waals surface area contributed by atoms with E-state index in [4.69, 9.17) is 0 Å². The van der Waals surface area contributed by atoms with Crippen LogP contribution in [0.1, 0.15) is 35.8 Å². The van der Waals surface area contributed by atoms with Crippen LogP contribution < -0.4 is 5.69 Å². The largest absolute Gasteiger partial charge is 0.344 e. The van der Waals surface area contributed by atoms with Crippen molar-refractivity contribution in [1.82, 2.24) is 14.8 Å². The molecule has 0 aliphatic carbocycles. The Balaban J connectivity index is 2.42. The zero-order chi connectivity index (χ0) is 14.0. The Morgan fingerprint density at radius 1 is 1.42 bits per heavy atom. The first-order valence-corrected chi connectivity index (χ1v) is 6.75. The van der Waals surface area contributed by atoms with E-state index >= 15 is 0 Å². The standard InChI is InChI=1S/C13H15N3O2S/c1-8(2)16-12(18)14-15-13(16)19-11-5-4-9(3)6-10(11)7-17/h4-8H,1-3H3,(H,14,18). The van der Waals surface area contributed by atoms with Crippen LogP contribution in [0, 0.1) is 6.92 Å². The third-order valence-electron chi connectivity index (χ3n) is 2.68. The highest BCUT2D eigenvalue weighted by Gasteiger charge is 2.14. The SMILES string of the molecule is Cc1ccc(Sc2n[nH]c(=O)n2C(C)C)c(C=O)c1. The van der Waals surface area contributed by atoms with Crippen LogP contribution in [0.4, 0.5) is 0 Å². The summed E-state index contributed by atoms with van der Waals surface area (Å²) >= 11 is 1.31. The molecule has 5 nitrogen and oxygen atoms in total. The van der Waals surface area contributed by atoms with Gasteiger partial charge >= 0.3 is 5.69 Å². The number of aldehydes is 1. The van der Waals surface area contributed by atoms with E-state index in [1.165, 1.54) is 11.8 Å². The van der Waals surface area contributed by atoms with Gasteiger partial charge in [-0.15, -0.1) is 5.10 Å². The van der Waals surface area contributed by atoms with Crippen LogP contribution in [0.2, 0.25) is 0 Å². The maximum Gasteiger partial charge on any atom is 0.344 e. The highest BCUT2D eigenvalue weighted by atomic mass is 32.2. The Kier molecular flexibility index (Phi) is 3.90. The molecule has 6 heteroatoms. The number of hydrogen-bond donors (Lipinski definition) is 1. The van der Waals surface area contributed by atoms with Crippen LogP contribution in [0.5, 0.6) is 0 Å². The van der Waals surface area contributed by atoms with Gasteiger partial charge in [0, 0.05) is 16.5 Å². The quantitative estimate of drug-likeness (QED) is 0.871. The summed E-state index contributed by atoms with van der Waals surface area (Å²) in [5.41, 5.74) is 1.39. The zero-order valence-electron chi connectivity index (χ0n) is 11.0. The highest BCUT2D eigenvalue weighted by molar-refractivity contribution is 7.99. The van der Waals surface area contributed by atoms with Gasteiger partial charge in [-0.3, -0.25) is 9.36 Å². The third kappa shape index (κ3) is 2.78. The third-order valence-corrected chi connectivity index (χ3v) is 3.74. The van der Waals surface area contributed by atoms with Gasteiger partial charge in [0.15, 0.2) is 11.4 Å². The Morgan fingerprint density at radius 3 is 2.79 bits per heavy atom. The molecule has 0 unspecified atom stereocenters. The zero-order valence-corrected chi connectivity index (χ0v) is 11.8. The molecular formula is C13H15N3O2S. The number of nitrogens with zero attached hydrogens (tertiary/aromatic N) is 2. The molecule has 0 aliphatic rings. The Labute approximate surface area is 115 Å². The van der Waals surface area contributed by atoms with E-state index in [1.807, 2.05) is 39.0 Å². The van der Waals surface area contributed by atoms with E-state index in [0.29, 0.717) is 10.7 Å². The lowest BCUT2D eigenvalue weighted by Gasteiger charge is -2.09. The minimum Gasteiger partial charge on any atom is -0.298 e. The minimum absolute atomic E-state index is 0.0129. The number of hydrogen-bond acceptors (Lipinski definition) is 4. The molecule has 0 atom stereocenters. The smallest absolute Gasteiger partial charge is 0.298 e. The van der Waals surface area contributed by atoms with Gasteiger partial charge in [-0.1, -0.05) is 11.6 Å².